The third-order valence-corrected chi connectivity index (χ3v) is 21.7. The second kappa shape index (κ2) is 39.6. The molecule has 2 saturated heterocycles. The Bertz CT molecular complexity index is 3840. The van der Waals surface area contributed by atoms with Gasteiger partial charge in [-0.2, -0.15) is 0 Å². The largest absolute Gasteiger partial charge is 0.480 e. The molecule has 100 heavy (non-hydrogen) atoms. The number of halogens is 2. The Labute approximate surface area is 601 Å². The van der Waals surface area contributed by atoms with Gasteiger partial charge in [0.1, 0.15) is 36.9 Å². The van der Waals surface area contributed by atoms with E-state index < -0.39 is 48.2 Å². The lowest BCUT2D eigenvalue weighted by Crippen LogP contribution is -2.48. The maximum atomic E-state index is 13.7. The summed E-state index contributed by atoms with van der Waals surface area (Å²) in [6.45, 7) is 15.7. The number of anilines is 4. The molecule has 35 heteroatoms. The number of benzene rings is 4. The van der Waals surface area contributed by atoms with Crippen molar-refractivity contribution >= 4 is 130 Å². The number of carboxylic acid groups (broad SMARTS) is 1. The molecule has 0 spiro atoms. The standard InChI is InChI=1S/C36H54BrN7O6P2.C29H40BrN7O9P2/c1-6-49-35(46)25-42-16-19-43(27-51(3,4)47)18-14-41(15-20-44(21-17-42)28-52(5,48)50-7-2)24-32(45)22-29-8-13-33-34(23-29)38-26-39-36(33)40-31-11-9-30(37)10-12-31;30-23-2-4-24(5-3-23)33-29-26-6-1-22(16-27(26)31-19-32-29)15-25(38)17-34-7-11-36(20-47(41,42)43)13-9-35(18-28(39)40)10-14-37(12-8-34)21-48(44,45)46/h8-13,23,26H,6-7,14-22,24-25,27-28H2,1-5H3,(H,38,39,40);1-6,16,19H,7-15,17-18,20-21H2,(H,39,40)(H,31,32,33)(H2,41,42,43)(H2,44,45,46). The van der Waals surface area contributed by atoms with Crippen molar-refractivity contribution in [1.29, 1.82) is 0 Å². The van der Waals surface area contributed by atoms with Crippen molar-refractivity contribution in [3.05, 3.63) is 118 Å². The number of aromatic nitrogens is 4. The lowest BCUT2D eigenvalue weighted by molar-refractivity contribution is -0.144. The topological polar surface area (TPSA) is 358 Å². The number of hydrogen-bond donors (Lipinski definition) is 7. The minimum absolute atomic E-state index is 0.00315. The number of esters is 1. The number of hydrogen-bond acceptors (Lipinski definition) is 24. The summed E-state index contributed by atoms with van der Waals surface area (Å²) >= 11 is 6.89. The maximum Gasteiger partial charge on any atom is 0.339 e. The number of Topliss-reactive ketones (excluding diaryl/α,β-unsaturated/α-hetero) is 2. The van der Waals surface area contributed by atoms with Crippen LogP contribution in [0.2, 0.25) is 0 Å². The summed E-state index contributed by atoms with van der Waals surface area (Å²) in [5.74, 6) is -0.135. The summed E-state index contributed by atoms with van der Waals surface area (Å²) in [6.07, 6.45) is 2.96. The molecule has 4 heterocycles. The monoisotopic (exact) mass is 1590 g/mol. The molecule has 2 aliphatic rings. The molecule has 2 fully saturated rings. The van der Waals surface area contributed by atoms with Crippen molar-refractivity contribution in [3.8, 4) is 0 Å². The summed E-state index contributed by atoms with van der Waals surface area (Å²) in [4.78, 5) is 122. The first-order valence-electron chi connectivity index (χ1n) is 32.9. The van der Waals surface area contributed by atoms with Crippen LogP contribution in [-0.2, 0) is 59.5 Å². The Morgan fingerprint density at radius 1 is 0.460 bits per heavy atom. The zero-order valence-corrected chi connectivity index (χ0v) is 64.0. The molecule has 7 N–H and O–H groups in total. The van der Waals surface area contributed by atoms with Crippen LogP contribution >= 0.6 is 61.6 Å². The fourth-order valence-corrected chi connectivity index (χ4v) is 16.7. The van der Waals surface area contributed by atoms with Gasteiger partial charge in [-0.05, 0) is 111 Å². The minimum atomic E-state index is -4.44. The summed E-state index contributed by atoms with van der Waals surface area (Å²) in [7, 11) is -14.2. The fraction of sp³-hybridized carbons (Fsp3) is 0.508. The van der Waals surface area contributed by atoms with E-state index in [9.17, 15) is 62.1 Å². The first-order chi connectivity index (χ1) is 47.3. The Morgan fingerprint density at radius 2 is 0.810 bits per heavy atom. The van der Waals surface area contributed by atoms with Gasteiger partial charge in [0.25, 0.3) is 0 Å². The molecule has 0 amide bonds. The van der Waals surface area contributed by atoms with E-state index in [-0.39, 0.29) is 115 Å². The molecule has 29 nitrogen and oxygen atoms in total. The van der Waals surface area contributed by atoms with Crippen LogP contribution in [0.4, 0.5) is 23.0 Å². The van der Waals surface area contributed by atoms with Crippen molar-refractivity contribution in [3.63, 3.8) is 0 Å². The number of carbonyl (C=O) groups excluding carboxylic acids is 3. The van der Waals surface area contributed by atoms with Crippen molar-refractivity contribution in [2.24, 2.45) is 0 Å². The average molecular weight is 1600 g/mol. The van der Waals surface area contributed by atoms with Crippen molar-refractivity contribution in [2.75, 3.05) is 200 Å². The number of nitrogens with one attached hydrogen (secondary N) is 2. The highest BCUT2D eigenvalue weighted by molar-refractivity contribution is 9.10. The van der Waals surface area contributed by atoms with E-state index in [1.807, 2.05) is 102 Å². The van der Waals surface area contributed by atoms with E-state index in [1.54, 1.807) is 41.6 Å². The lowest BCUT2D eigenvalue weighted by Gasteiger charge is -2.35. The zero-order valence-electron chi connectivity index (χ0n) is 57.3. The lowest BCUT2D eigenvalue weighted by atomic mass is 10.1. The van der Waals surface area contributed by atoms with Crippen LogP contribution in [0.5, 0.6) is 0 Å². The SMILES string of the molecule is CCOC(=O)CN1CCN(CP(C)(C)=O)CCN(CC(=O)Cc2ccc3c(Nc4ccc(Br)cc4)ncnc3c2)CCN(CP(C)(=O)OCC)CC1.O=C(O)CN1CCN(CP(=O)(O)O)CCN(CC(=O)Cc2ccc3c(Nc4ccc(Br)cc4)ncnc3c2)CCN(CP(=O)(O)O)CC1. The molecule has 1 atom stereocenters. The highest BCUT2D eigenvalue weighted by atomic mass is 79.9. The molecule has 548 valence electrons. The number of ketones is 2. The molecule has 4 aromatic carbocycles. The van der Waals surface area contributed by atoms with Crippen LogP contribution in [-0.4, -0.2) is 297 Å². The fourth-order valence-electron chi connectivity index (χ4n) is 11.6. The summed E-state index contributed by atoms with van der Waals surface area (Å²) < 4.78 is 62.8. The van der Waals surface area contributed by atoms with Crippen molar-refractivity contribution in [2.45, 2.75) is 26.7 Å². The molecule has 2 aromatic heterocycles. The zero-order chi connectivity index (χ0) is 72.6. The van der Waals surface area contributed by atoms with Crippen LogP contribution < -0.4 is 10.6 Å². The van der Waals surface area contributed by atoms with Gasteiger partial charge in [0.15, 0.2) is 11.6 Å². The van der Waals surface area contributed by atoms with Crippen LogP contribution in [0.1, 0.15) is 25.0 Å². The van der Waals surface area contributed by atoms with E-state index in [1.165, 1.54) is 12.7 Å². The van der Waals surface area contributed by atoms with Crippen LogP contribution in [0.15, 0.2) is 107 Å². The molecular formula is C65H94Br2N14O15P4. The second-order valence-corrected chi connectivity index (χ2v) is 36.6. The van der Waals surface area contributed by atoms with Crippen LogP contribution in [0.25, 0.3) is 21.8 Å². The predicted octanol–water partition coefficient (Wildman–Crippen LogP) is 7.34. The quantitative estimate of drug-likeness (QED) is 0.0196. The number of fused-ring (bicyclic) bond motifs is 2. The van der Waals surface area contributed by atoms with E-state index >= 15 is 0 Å². The summed E-state index contributed by atoms with van der Waals surface area (Å²) in [6, 6.07) is 26.8. The van der Waals surface area contributed by atoms with Crippen LogP contribution in [0.3, 0.4) is 0 Å². The van der Waals surface area contributed by atoms with Gasteiger partial charge in [-0.15, -0.1) is 0 Å². The molecule has 2 aliphatic heterocycles. The number of rotatable bonds is 27. The molecule has 1 unspecified atom stereocenters. The first kappa shape index (κ1) is 82.1. The third-order valence-electron chi connectivity index (χ3n) is 16.3. The van der Waals surface area contributed by atoms with Gasteiger partial charge in [-0.1, -0.05) is 44.0 Å². The minimum Gasteiger partial charge on any atom is -0.480 e. The molecule has 0 radical (unpaired) electrons. The Kier molecular flexibility index (Phi) is 32.5. The number of carbonyl (C=O) groups is 4. The summed E-state index contributed by atoms with van der Waals surface area (Å²) in [5.41, 5.74) is 4.75. The smallest absolute Gasteiger partial charge is 0.339 e. The van der Waals surface area contributed by atoms with Gasteiger partial charge < -0.3 is 49.1 Å². The number of carboxylic acids is 1. The Hall–Kier alpha value is -5.20. The molecule has 0 bridgehead atoms. The van der Waals surface area contributed by atoms with Crippen LogP contribution in [0, 0.1) is 0 Å². The van der Waals surface area contributed by atoms with E-state index in [4.69, 9.17) is 9.26 Å². The van der Waals surface area contributed by atoms with Gasteiger partial charge in [0.05, 0.1) is 70.1 Å². The van der Waals surface area contributed by atoms with Crippen molar-refractivity contribution < 1.29 is 71.4 Å². The highest BCUT2D eigenvalue weighted by Gasteiger charge is 2.29. The Balaban J connectivity index is 0.000000282. The normalized spacial score (nSPS) is 17.4. The van der Waals surface area contributed by atoms with E-state index in [0.717, 1.165) is 47.7 Å². The second-order valence-electron chi connectivity index (χ2n) is 25.5. The van der Waals surface area contributed by atoms with Crippen molar-refractivity contribution in [1.82, 2.24) is 59.1 Å². The van der Waals surface area contributed by atoms with Gasteiger partial charge in [-0.25, -0.2) is 19.9 Å². The van der Waals surface area contributed by atoms with Gasteiger partial charge in [0.2, 0.25) is 7.37 Å². The average Bonchev–Trinajstić information content (AvgIpc) is 0.812. The van der Waals surface area contributed by atoms with Gasteiger partial charge >= 0.3 is 27.1 Å². The molecule has 0 aliphatic carbocycles. The molecule has 8 rings (SSSR count). The number of aliphatic carboxylic acids is 1. The maximum absolute atomic E-state index is 13.7. The van der Waals surface area contributed by atoms with Gasteiger partial charge in [-0.3, -0.25) is 72.1 Å². The Morgan fingerprint density at radius 3 is 1.16 bits per heavy atom. The highest BCUT2D eigenvalue weighted by Crippen LogP contribution is 2.43. The number of nitrogens with zero attached hydrogens (tertiary/aromatic N) is 12. The number of ether oxygens (including phenoxy) is 1. The first-order valence-corrected chi connectivity index (χ1v) is 43.1. The van der Waals surface area contributed by atoms with E-state index in [2.05, 4.69) is 77.1 Å². The molecule has 0 saturated carbocycles. The molecule has 6 aromatic rings. The third kappa shape index (κ3) is 30.6. The van der Waals surface area contributed by atoms with Gasteiger partial charge in [0, 0.05) is 155 Å². The van der Waals surface area contributed by atoms with E-state index in [0.29, 0.717) is 89.0 Å². The summed E-state index contributed by atoms with van der Waals surface area (Å²) in [5, 5.41) is 17.6. The molecular weight excluding hydrogens is 1500 g/mol. The predicted molar refractivity (Wildman–Crippen MR) is 396 cm³/mol.